The zero-order chi connectivity index (χ0) is 9.97. The van der Waals surface area contributed by atoms with Crippen LogP contribution in [0.5, 0.6) is 5.75 Å². The van der Waals surface area contributed by atoms with Gasteiger partial charge in [0, 0.05) is 10.9 Å². The summed E-state index contributed by atoms with van der Waals surface area (Å²) in [7, 11) is 0. The average molecular weight is 259 g/mol. The Kier molecular flexibility index (Phi) is 3.06. The second-order valence-corrected chi connectivity index (χ2v) is 4.12. The second kappa shape index (κ2) is 4.30. The summed E-state index contributed by atoms with van der Waals surface area (Å²) >= 11 is 3.33. The van der Waals surface area contributed by atoms with Crippen LogP contribution in [-0.4, -0.2) is 6.10 Å². The van der Waals surface area contributed by atoms with E-state index >= 15 is 0 Å². The summed E-state index contributed by atoms with van der Waals surface area (Å²) in [6.45, 7) is 0. The lowest BCUT2D eigenvalue weighted by Crippen LogP contribution is -2.24. The molecule has 0 aliphatic heterocycles. The van der Waals surface area contributed by atoms with Gasteiger partial charge in [-0.15, -0.1) is 0 Å². The van der Waals surface area contributed by atoms with E-state index in [9.17, 15) is 4.39 Å². The first-order valence-corrected chi connectivity index (χ1v) is 5.93. The van der Waals surface area contributed by atoms with Crippen LogP contribution < -0.4 is 4.74 Å². The van der Waals surface area contributed by atoms with Crippen LogP contribution >= 0.6 is 15.9 Å². The summed E-state index contributed by atoms with van der Waals surface area (Å²) in [5.74, 6) is 0.605. The summed E-state index contributed by atoms with van der Waals surface area (Å²) < 4.78 is 18.6. The van der Waals surface area contributed by atoms with Crippen molar-refractivity contribution in [3.8, 4) is 5.75 Å². The van der Waals surface area contributed by atoms with Gasteiger partial charge in [0.1, 0.15) is 11.6 Å². The number of ether oxygens (including phenoxy) is 1. The molecule has 1 aromatic rings. The lowest BCUT2D eigenvalue weighted by molar-refractivity contribution is 0.119. The highest BCUT2D eigenvalue weighted by Gasteiger charge is 2.20. The van der Waals surface area contributed by atoms with Gasteiger partial charge in [-0.05, 0) is 37.5 Å². The minimum atomic E-state index is -0.208. The first kappa shape index (κ1) is 9.97. The van der Waals surface area contributed by atoms with Gasteiger partial charge in [0.15, 0.2) is 0 Å². The molecule has 0 aromatic heterocycles. The Hall–Kier alpha value is -0.570. The van der Waals surface area contributed by atoms with E-state index in [2.05, 4.69) is 15.9 Å². The molecule has 3 heteroatoms. The summed E-state index contributed by atoms with van der Waals surface area (Å²) in [6, 6.07) is 4.67. The molecule has 1 fully saturated rings. The molecule has 0 N–H and O–H groups in total. The fraction of sp³-hybridized carbons (Fsp3) is 0.455. The molecule has 1 nitrogen and oxygen atoms in total. The molecule has 1 aromatic carbocycles. The first-order valence-electron chi connectivity index (χ1n) is 4.80. The van der Waals surface area contributed by atoms with Crippen molar-refractivity contribution < 1.29 is 9.13 Å². The molecule has 0 atom stereocenters. The van der Waals surface area contributed by atoms with E-state index in [1.807, 2.05) is 0 Å². The molecular formula is C11H12BrFO. The average Bonchev–Trinajstić information content (AvgIpc) is 2.13. The summed E-state index contributed by atoms with van der Waals surface area (Å²) in [6.07, 6.45) is 3.84. The molecule has 1 aliphatic rings. The normalized spacial score (nSPS) is 16.4. The third-order valence-electron chi connectivity index (χ3n) is 2.51. The highest BCUT2D eigenvalue weighted by molar-refractivity contribution is 9.08. The third kappa shape index (κ3) is 2.08. The van der Waals surface area contributed by atoms with Crippen LogP contribution in [0, 0.1) is 5.82 Å². The Labute approximate surface area is 91.4 Å². The van der Waals surface area contributed by atoms with Gasteiger partial charge in [0.05, 0.1) is 6.10 Å². The standard InChI is InChI=1S/C11H12BrFO/c12-7-8-6-9(13)4-5-11(8)14-10-2-1-3-10/h4-6,10H,1-3,7H2. The van der Waals surface area contributed by atoms with Gasteiger partial charge in [0.2, 0.25) is 0 Å². The molecule has 0 radical (unpaired) electrons. The molecule has 0 bridgehead atoms. The van der Waals surface area contributed by atoms with Gasteiger partial charge >= 0.3 is 0 Å². The Balaban J connectivity index is 2.14. The van der Waals surface area contributed by atoms with Gasteiger partial charge in [0.25, 0.3) is 0 Å². The molecule has 14 heavy (non-hydrogen) atoms. The molecule has 0 spiro atoms. The van der Waals surface area contributed by atoms with Crippen molar-refractivity contribution in [1.82, 2.24) is 0 Å². The number of hydrogen-bond acceptors (Lipinski definition) is 1. The minimum Gasteiger partial charge on any atom is -0.490 e. The van der Waals surface area contributed by atoms with Crippen LogP contribution in [0.3, 0.4) is 0 Å². The van der Waals surface area contributed by atoms with E-state index in [-0.39, 0.29) is 5.82 Å². The first-order chi connectivity index (χ1) is 6.79. The molecule has 76 valence electrons. The van der Waals surface area contributed by atoms with Gasteiger partial charge in [-0.3, -0.25) is 0 Å². The molecule has 0 amide bonds. The van der Waals surface area contributed by atoms with Crippen LogP contribution in [0.2, 0.25) is 0 Å². The summed E-state index contributed by atoms with van der Waals surface area (Å²) in [5.41, 5.74) is 0.886. The van der Waals surface area contributed by atoms with Crippen molar-refractivity contribution >= 4 is 15.9 Å². The van der Waals surface area contributed by atoms with Crippen molar-refractivity contribution in [3.05, 3.63) is 29.6 Å². The van der Waals surface area contributed by atoms with Gasteiger partial charge < -0.3 is 4.74 Å². The van der Waals surface area contributed by atoms with Crippen LogP contribution in [-0.2, 0) is 5.33 Å². The summed E-state index contributed by atoms with van der Waals surface area (Å²) in [4.78, 5) is 0. The quantitative estimate of drug-likeness (QED) is 0.753. The summed E-state index contributed by atoms with van der Waals surface area (Å²) in [5, 5.41) is 0.632. The number of benzene rings is 1. The van der Waals surface area contributed by atoms with E-state index in [4.69, 9.17) is 4.74 Å². The zero-order valence-corrected chi connectivity index (χ0v) is 9.39. The molecule has 1 aliphatic carbocycles. The number of alkyl halides is 1. The fourth-order valence-electron chi connectivity index (χ4n) is 1.44. The van der Waals surface area contributed by atoms with Crippen LogP contribution in [0.15, 0.2) is 18.2 Å². The van der Waals surface area contributed by atoms with Crippen LogP contribution in [0.1, 0.15) is 24.8 Å². The Morgan fingerprint density at radius 2 is 2.21 bits per heavy atom. The van der Waals surface area contributed by atoms with Gasteiger partial charge in [-0.2, -0.15) is 0 Å². The zero-order valence-electron chi connectivity index (χ0n) is 7.80. The Bertz CT molecular complexity index is 323. The van der Waals surface area contributed by atoms with Crippen molar-refractivity contribution in [2.24, 2.45) is 0 Å². The lowest BCUT2D eigenvalue weighted by atomic mass is 9.96. The smallest absolute Gasteiger partial charge is 0.123 e. The maximum Gasteiger partial charge on any atom is 0.123 e. The largest absolute Gasteiger partial charge is 0.490 e. The molecule has 1 saturated carbocycles. The van der Waals surface area contributed by atoms with Crippen molar-refractivity contribution in [3.63, 3.8) is 0 Å². The van der Waals surface area contributed by atoms with E-state index in [0.29, 0.717) is 11.4 Å². The Morgan fingerprint density at radius 3 is 2.79 bits per heavy atom. The predicted octanol–water partition coefficient (Wildman–Crippen LogP) is 3.65. The minimum absolute atomic E-state index is 0.208. The second-order valence-electron chi connectivity index (χ2n) is 3.56. The molecule has 0 unspecified atom stereocenters. The van der Waals surface area contributed by atoms with Crippen LogP contribution in [0.4, 0.5) is 4.39 Å². The molecule has 0 heterocycles. The number of hydrogen-bond donors (Lipinski definition) is 0. The molecular weight excluding hydrogens is 247 g/mol. The van der Waals surface area contributed by atoms with Gasteiger partial charge in [-0.25, -0.2) is 4.39 Å². The highest BCUT2D eigenvalue weighted by Crippen LogP contribution is 2.29. The maximum absolute atomic E-state index is 12.9. The van der Waals surface area contributed by atoms with E-state index < -0.39 is 0 Å². The Morgan fingerprint density at radius 1 is 1.43 bits per heavy atom. The molecule has 0 saturated heterocycles. The highest BCUT2D eigenvalue weighted by atomic mass is 79.9. The lowest BCUT2D eigenvalue weighted by Gasteiger charge is -2.27. The van der Waals surface area contributed by atoms with E-state index in [0.717, 1.165) is 24.2 Å². The monoisotopic (exact) mass is 258 g/mol. The maximum atomic E-state index is 12.9. The van der Waals surface area contributed by atoms with Crippen molar-refractivity contribution in [2.75, 3.05) is 0 Å². The number of halogens is 2. The van der Waals surface area contributed by atoms with Crippen LogP contribution in [0.25, 0.3) is 0 Å². The third-order valence-corrected chi connectivity index (χ3v) is 3.12. The predicted molar refractivity (Wildman–Crippen MR) is 57.3 cm³/mol. The fourth-order valence-corrected chi connectivity index (χ4v) is 1.87. The van der Waals surface area contributed by atoms with E-state index in [1.165, 1.54) is 18.6 Å². The van der Waals surface area contributed by atoms with Gasteiger partial charge in [-0.1, -0.05) is 15.9 Å². The SMILES string of the molecule is Fc1ccc(OC2CCC2)c(CBr)c1. The van der Waals surface area contributed by atoms with E-state index in [1.54, 1.807) is 6.07 Å². The number of rotatable bonds is 3. The van der Waals surface area contributed by atoms with Crippen molar-refractivity contribution in [2.45, 2.75) is 30.7 Å². The van der Waals surface area contributed by atoms with Crippen molar-refractivity contribution in [1.29, 1.82) is 0 Å². The topological polar surface area (TPSA) is 9.23 Å². The molecule has 2 rings (SSSR count).